The summed E-state index contributed by atoms with van der Waals surface area (Å²) >= 11 is 0. The van der Waals surface area contributed by atoms with Crippen molar-refractivity contribution in [3.05, 3.63) is 28.3 Å². The molecule has 1 N–H and O–H groups in total. The van der Waals surface area contributed by atoms with Crippen molar-refractivity contribution in [2.75, 3.05) is 38.2 Å². The first kappa shape index (κ1) is 14.2. The van der Waals surface area contributed by atoms with Crippen molar-refractivity contribution in [3.8, 4) is 0 Å². The molecule has 1 saturated heterocycles. The lowest BCUT2D eigenvalue weighted by Gasteiger charge is -2.27. The van der Waals surface area contributed by atoms with E-state index in [1.807, 2.05) is 13.8 Å². The van der Waals surface area contributed by atoms with Crippen molar-refractivity contribution in [2.24, 2.45) is 0 Å². The molecule has 1 aromatic carbocycles. The standard InChI is InChI=1S/C16H20N2O3/c1-10-9-12(3-4-18-5-7-21-8-6-18)11(2)13-14(10)17-16(20)15(13)19/h9H,3-8H2,1-2H3,(H,17,19,20). The fourth-order valence-electron chi connectivity index (χ4n) is 3.08. The molecule has 5 nitrogen and oxygen atoms in total. The monoisotopic (exact) mass is 288 g/mol. The smallest absolute Gasteiger partial charge is 0.296 e. The molecule has 0 unspecified atom stereocenters. The number of carbonyl (C=O) groups excluding carboxylic acids is 2. The Morgan fingerprint density at radius 3 is 2.67 bits per heavy atom. The van der Waals surface area contributed by atoms with Crippen LogP contribution in [0.1, 0.15) is 27.0 Å². The van der Waals surface area contributed by atoms with Gasteiger partial charge in [0.15, 0.2) is 0 Å². The van der Waals surface area contributed by atoms with Gasteiger partial charge in [-0.2, -0.15) is 0 Å². The number of ether oxygens (including phenoxy) is 1. The van der Waals surface area contributed by atoms with Gasteiger partial charge in [-0.25, -0.2) is 0 Å². The van der Waals surface area contributed by atoms with Crippen LogP contribution in [0.15, 0.2) is 6.07 Å². The number of benzene rings is 1. The number of rotatable bonds is 3. The van der Waals surface area contributed by atoms with Crippen LogP contribution in [0.4, 0.5) is 5.69 Å². The second-order valence-electron chi connectivity index (χ2n) is 5.71. The van der Waals surface area contributed by atoms with Crippen LogP contribution in [0.2, 0.25) is 0 Å². The van der Waals surface area contributed by atoms with Gasteiger partial charge in [-0.05, 0) is 37.0 Å². The Hall–Kier alpha value is -1.72. The minimum atomic E-state index is -0.512. The normalized spacial score (nSPS) is 18.8. The average Bonchev–Trinajstić information content (AvgIpc) is 2.79. The van der Waals surface area contributed by atoms with E-state index in [0.29, 0.717) is 11.3 Å². The molecule has 0 atom stereocenters. The van der Waals surface area contributed by atoms with Crippen LogP contribution in [-0.4, -0.2) is 49.4 Å². The van der Waals surface area contributed by atoms with Crippen LogP contribution in [0.5, 0.6) is 0 Å². The Labute approximate surface area is 124 Å². The van der Waals surface area contributed by atoms with E-state index >= 15 is 0 Å². The number of anilines is 1. The number of carbonyl (C=O) groups is 2. The fraction of sp³-hybridized carbons (Fsp3) is 0.500. The van der Waals surface area contributed by atoms with Gasteiger partial charge in [0.1, 0.15) is 0 Å². The molecule has 1 amide bonds. The highest BCUT2D eigenvalue weighted by Gasteiger charge is 2.32. The SMILES string of the molecule is Cc1cc(CCN2CCOCC2)c(C)c2c1NC(=O)C2=O. The molecule has 0 saturated carbocycles. The molecule has 3 rings (SSSR count). The van der Waals surface area contributed by atoms with E-state index in [0.717, 1.165) is 56.0 Å². The van der Waals surface area contributed by atoms with Gasteiger partial charge in [-0.15, -0.1) is 0 Å². The molecule has 1 fully saturated rings. The van der Waals surface area contributed by atoms with Crippen LogP contribution in [0.3, 0.4) is 0 Å². The van der Waals surface area contributed by atoms with E-state index in [1.54, 1.807) is 0 Å². The largest absolute Gasteiger partial charge is 0.379 e. The Balaban J connectivity index is 1.82. The lowest BCUT2D eigenvalue weighted by molar-refractivity contribution is -0.112. The zero-order valence-corrected chi connectivity index (χ0v) is 12.5. The first-order valence-electron chi connectivity index (χ1n) is 7.37. The quantitative estimate of drug-likeness (QED) is 0.852. The van der Waals surface area contributed by atoms with Gasteiger partial charge < -0.3 is 10.1 Å². The van der Waals surface area contributed by atoms with Crippen LogP contribution in [-0.2, 0) is 16.0 Å². The lowest BCUT2D eigenvalue weighted by atomic mass is 9.94. The van der Waals surface area contributed by atoms with Crippen molar-refractivity contribution >= 4 is 17.4 Å². The summed E-state index contributed by atoms with van der Waals surface area (Å²) in [5, 5.41) is 2.67. The summed E-state index contributed by atoms with van der Waals surface area (Å²) < 4.78 is 5.35. The topological polar surface area (TPSA) is 58.6 Å². The first-order chi connectivity index (χ1) is 10.1. The molecule has 5 heteroatoms. The third-order valence-corrected chi connectivity index (χ3v) is 4.36. The summed E-state index contributed by atoms with van der Waals surface area (Å²) in [6.45, 7) is 8.33. The Kier molecular flexibility index (Phi) is 3.78. The van der Waals surface area contributed by atoms with E-state index < -0.39 is 11.7 Å². The fourth-order valence-corrected chi connectivity index (χ4v) is 3.08. The van der Waals surface area contributed by atoms with E-state index in [9.17, 15) is 9.59 Å². The molecule has 0 spiro atoms. The highest BCUT2D eigenvalue weighted by Crippen LogP contribution is 2.32. The second-order valence-corrected chi connectivity index (χ2v) is 5.71. The van der Waals surface area contributed by atoms with E-state index in [1.165, 1.54) is 0 Å². The number of hydrogen-bond acceptors (Lipinski definition) is 4. The molecule has 0 aromatic heterocycles. The van der Waals surface area contributed by atoms with Crippen molar-refractivity contribution < 1.29 is 14.3 Å². The van der Waals surface area contributed by atoms with Gasteiger partial charge in [0, 0.05) is 19.6 Å². The zero-order valence-electron chi connectivity index (χ0n) is 12.5. The van der Waals surface area contributed by atoms with Gasteiger partial charge in [-0.3, -0.25) is 14.5 Å². The van der Waals surface area contributed by atoms with Crippen LogP contribution >= 0.6 is 0 Å². The summed E-state index contributed by atoms with van der Waals surface area (Å²) in [4.78, 5) is 25.9. The molecule has 21 heavy (non-hydrogen) atoms. The number of aryl methyl sites for hydroxylation is 1. The molecule has 2 aliphatic heterocycles. The molecule has 1 aromatic rings. The van der Waals surface area contributed by atoms with Gasteiger partial charge in [0.05, 0.1) is 24.5 Å². The number of hydrogen-bond donors (Lipinski definition) is 1. The van der Waals surface area contributed by atoms with E-state index in [-0.39, 0.29) is 0 Å². The Morgan fingerprint density at radius 1 is 1.24 bits per heavy atom. The molecule has 0 aliphatic carbocycles. The first-order valence-corrected chi connectivity index (χ1v) is 7.37. The number of nitrogens with one attached hydrogen (secondary N) is 1. The lowest BCUT2D eigenvalue weighted by Crippen LogP contribution is -2.37. The maximum atomic E-state index is 12.0. The molecule has 2 aliphatic rings. The summed E-state index contributed by atoms with van der Waals surface area (Å²) in [6, 6.07) is 2.09. The number of nitrogens with zero attached hydrogens (tertiary/aromatic N) is 1. The van der Waals surface area contributed by atoms with Gasteiger partial charge in [0.2, 0.25) is 0 Å². The Bertz CT molecular complexity index is 604. The Morgan fingerprint density at radius 2 is 1.95 bits per heavy atom. The second kappa shape index (κ2) is 5.58. The van der Waals surface area contributed by atoms with Crippen LogP contribution < -0.4 is 5.32 Å². The van der Waals surface area contributed by atoms with Gasteiger partial charge in [0.25, 0.3) is 11.7 Å². The van der Waals surface area contributed by atoms with Gasteiger partial charge >= 0.3 is 0 Å². The van der Waals surface area contributed by atoms with E-state index in [4.69, 9.17) is 4.74 Å². The summed E-state index contributed by atoms with van der Waals surface area (Å²) in [7, 11) is 0. The summed E-state index contributed by atoms with van der Waals surface area (Å²) in [5.41, 5.74) is 4.32. The van der Waals surface area contributed by atoms with E-state index in [2.05, 4.69) is 16.3 Å². The molecule has 0 radical (unpaired) electrons. The predicted octanol–water partition coefficient (Wildman–Crippen LogP) is 1.31. The van der Waals surface area contributed by atoms with Crippen molar-refractivity contribution in [2.45, 2.75) is 20.3 Å². The zero-order chi connectivity index (χ0) is 15.0. The van der Waals surface area contributed by atoms with Crippen molar-refractivity contribution in [1.82, 2.24) is 4.90 Å². The summed E-state index contributed by atoms with van der Waals surface area (Å²) in [6.07, 6.45) is 0.890. The number of morpholine rings is 1. The minimum absolute atomic E-state index is 0.404. The molecule has 2 heterocycles. The highest BCUT2D eigenvalue weighted by molar-refractivity contribution is 6.52. The number of amides is 1. The minimum Gasteiger partial charge on any atom is -0.379 e. The van der Waals surface area contributed by atoms with Crippen LogP contribution in [0, 0.1) is 13.8 Å². The molecular weight excluding hydrogens is 268 g/mol. The number of fused-ring (bicyclic) bond motifs is 1. The third-order valence-electron chi connectivity index (χ3n) is 4.36. The molecular formula is C16H20N2O3. The predicted molar refractivity (Wildman–Crippen MR) is 79.8 cm³/mol. The van der Waals surface area contributed by atoms with Gasteiger partial charge in [-0.1, -0.05) is 6.07 Å². The van der Waals surface area contributed by atoms with Crippen molar-refractivity contribution in [3.63, 3.8) is 0 Å². The maximum absolute atomic E-state index is 12.0. The molecule has 112 valence electrons. The van der Waals surface area contributed by atoms with Crippen LogP contribution in [0.25, 0.3) is 0 Å². The average molecular weight is 288 g/mol. The maximum Gasteiger partial charge on any atom is 0.296 e. The summed E-state index contributed by atoms with van der Waals surface area (Å²) in [5.74, 6) is -0.916. The number of ketones is 1. The van der Waals surface area contributed by atoms with Crippen molar-refractivity contribution in [1.29, 1.82) is 0 Å². The number of Topliss-reactive ketones (excluding diaryl/α,β-unsaturated/α-hetero) is 1. The molecule has 0 bridgehead atoms. The third kappa shape index (κ3) is 2.59. The highest BCUT2D eigenvalue weighted by atomic mass is 16.5.